The molecule has 5 rings (SSSR count). The van der Waals surface area contributed by atoms with E-state index >= 15 is 0 Å². The van der Waals surface area contributed by atoms with Gasteiger partial charge in [-0.25, -0.2) is 0 Å². The van der Waals surface area contributed by atoms with Gasteiger partial charge in [0.15, 0.2) is 6.10 Å². The number of ether oxygens (including phenoxy) is 1. The van der Waals surface area contributed by atoms with Crippen LogP contribution in [0.5, 0.6) is 0 Å². The molecule has 0 bridgehead atoms. The molecule has 0 radical (unpaired) electrons. The number of fused-ring (bicyclic) bond motifs is 3. The molecule has 1 fully saturated rings. The molecule has 5 heteroatoms. The molecule has 140 valence electrons. The summed E-state index contributed by atoms with van der Waals surface area (Å²) in [4.78, 5) is 26.9. The Morgan fingerprint density at radius 2 is 1.68 bits per heavy atom. The second kappa shape index (κ2) is 6.68. The van der Waals surface area contributed by atoms with Crippen molar-refractivity contribution in [3.05, 3.63) is 83.8 Å². The molecule has 1 aliphatic heterocycles. The molecule has 1 amide bonds. The Labute approximate surface area is 162 Å². The van der Waals surface area contributed by atoms with E-state index in [9.17, 15) is 9.59 Å². The molecule has 2 aromatic carbocycles. The fourth-order valence-corrected chi connectivity index (χ4v) is 4.12. The summed E-state index contributed by atoms with van der Waals surface area (Å²) >= 11 is 0. The van der Waals surface area contributed by atoms with Gasteiger partial charge in [0, 0.05) is 24.1 Å². The van der Waals surface area contributed by atoms with E-state index in [1.165, 1.54) is 0 Å². The van der Waals surface area contributed by atoms with Crippen molar-refractivity contribution in [2.75, 3.05) is 6.54 Å². The lowest BCUT2D eigenvalue weighted by Crippen LogP contribution is -2.26. The van der Waals surface area contributed by atoms with E-state index in [4.69, 9.17) is 9.15 Å². The van der Waals surface area contributed by atoms with Crippen LogP contribution in [0.4, 0.5) is 0 Å². The molecule has 1 aliphatic carbocycles. The minimum Gasteiger partial charge on any atom is -0.467 e. The molecule has 2 aliphatic rings. The van der Waals surface area contributed by atoms with Crippen LogP contribution < -0.4 is 0 Å². The van der Waals surface area contributed by atoms with Crippen LogP contribution in [-0.2, 0) is 20.9 Å². The first-order valence-electron chi connectivity index (χ1n) is 9.39. The second-order valence-corrected chi connectivity index (χ2v) is 7.25. The van der Waals surface area contributed by atoms with Gasteiger partial charge in [0.2, 0.25) is 5.91 Å². The number of esters is 1. The molecule has 0 spiro atoms. The van der Waals surface area contributed by atoms with Gasteiger partial charge in [-0.2, -0.15) is 0 Å². The third kappa shape index (κ3) is 2.80. The van der Waals surface area contributed by atoms with Crippen molar-refractivity contribution in [2.45, 2.75) is 19.1 Å². The molecule has 3 aromatic rings. The lowest BCUT2D eigenvalue weighted by atomic mass is 10.1. The molecule has 0 saturated carbocycles. The van der Waals surface area contributed by atoms with E-state index in [1.54, 1.807) is 17.2 Å². The van der Waals surface area contributed by atoms with Gasteiger partial charge < -0.3 is 14.1 Å². The zero-order valence-electron chi connectivity index (χ0n) is 15.2. The summed E-state index contributed by atoms with van der Waals surface area (Å²) in [5, 5.41) is 0. The maximum absolute atomic E-state index is 12.9. The topological polar surface area (TPSA) is 59.8 Å². The summed E-state index contributed by atoms with van der Waals surface area (Å²) in [7, 11) is 0. The minimum atomic E-state index is -0.456. The molecule has 1 atom stereocenters. The Kier molecular flexibility index (Phi) is 4.01. The average molecular weight is 373 g/mol. The highest BCUT2D eigenvalue weighted by Gasteiger charge is 2.38. The largest absolute Gasteiger partial charge is 0.467 e. The smallest absolute Gasteiger partial charge is 0.312 e. The highest BCUT2D eigenvalue weighted by Crippen LogP contribution is 2.45. The van der Waals surface area contributed by atoms with Crippen molar-refractivity contribution in [1.82, 2.24) is 4.90 Å². The predicted molar refractivity (Wildman–Crippen MR) is 102 cm³/mol. The molecule has 28 heavy (non-hydrogen) atoms. The van der Waals surface area contributed by atoms with Crippen molar-refractivity contribution in [3.63, 3.8) is 0 Å². The number of nitrogens with zero attached hydrogens (tertiary/aromatic N) is 1. The summed E-state index contributed by atoms with van der Waals surface area (Å²) < 4.78 is 11.3. The maximum atomic E-state index is 12.9. The maximum Gasteiger partial charge on any atom is 0.312 e. The van der Waals surface area contributed by atoms with Crippen molar-refractivity contribution >= 4 is 11.9 Å². The zero-order valence-corrected chi connectivity index (χ0v) is 15.2. The number of amides is 1. The van der Waals surface area contributed by atoms with E-state index in [0.717, 1.165) is 22.3 Å². The van der Waals surface area contributed by atoms with Gasteiger partial charge in [0.05, 0.1) is 18.7 Å². The number of hydrogen-bond acceptors (Lipinski definition) is 4. The Balaban J connectivity index is 1.34. The Hall–Kier alpha value is -3.34. The first-order chi connectivity index (χ1) is 13.7. The van der Waals surface area contributed by atoms with E-state index in [-0.39, 0.29) is 18.3 Å². The first-order valence-corrected chi connectivity index (χ1v) is 9.39. The summed E-state index contributed by atoms with van der Waals surface area (Å²) in [6.07, 6.45) is 1.33. The molecular weight excluding hydrogens is 354 g/mol. The standard InChI is InChI=1S/C23H19NO4/c25-21-12-15(13-24(21)14-16-6-5-11-27-16)23(26)28-22-19-9-3-1-7-17(19)18-8-2-4-10-20(18)22/h1-11,15,22H,12-14H2/t15-/m1/s1. The van der Waals surface area contributed by atoms with Gasteiger partial charge in [-0.05, 0) is 23.3 Å². The number of likely N-dealkylation sites (tertiary alicyclic amines) is 1. The summed E-state index contributed by atoms with van der Waals surface area (Å²) in [6.45, 7) is 0.735. The molecule has 2 heterocycles. The van der Waals surface area contributed by atoms with Crippen molar-refractivity contribution < 1.29 is 18.7 Å². The quantitative estimate of drug-likeness (QED) is 0.650. The average Bonchev–Trinajstić information content (AvgIpc) is 3.43. The lowest BCUT2D eigenvalue weighted by Gasteiger charge is -2.18. The Bertz CT molecular complexity index is 995. The van der Waals surface area contributed by atoms with Crippen LogP contribution >= 0.6 is 0 Å². The summed E-state index contributed by atoms with van der Waals surface area (Å²) in [5.41, 5.74) is 4.18. The minimum absolute atomic E-state index is 0.0504. The normalized spacial score (nSPS) is 18.2. The molecule has 5 nitrogen and oxygen atoms in total. The third-order valence-electron chi connectivity index (χ3n) is 5.49. The number of carbonyl (C=O) groups excluding carboxylic acids is 2. The van der Waals surface area contributed by atoms with Gasteiger partial charge in [-0.15, -0.1) is 0 Å². The van der Waals surface area contributed by atoms with Gasteiger partial charge in [-0.3, -0.25) is 9.59 Å². The Morgan fingerprint density at radius 3 is 2.32 bits per heavy atom. The van der Waals surface area contributed by atoms with E-state index in [2.05, 4.69) is 0 Å². The van der Waals surface area contributed by atoms with Crippen molar-refractivity contribution in [2.24, 2.45) is 5.92 Å². The van der Waals surface area contributed by atoms with Gasteiger partial charge in [0.25, 0.3) is 0 Å². The van der Waals surface area contributed by atoms with E-state index in [0.29, 0.717) is 18.8 Å². The second-order valence-electron chi connectivity index (χ2n) is 7.25. The SMILES string of the molecule is O=C(OC1c2ccccc2-c2ccccc21)[C@@H]1CC(=O)N(Cc2ccco2)C1. The molecule has 0 N–H and O–H groups in total. The number of rotatable bonds is 4. The first kappa shape index (κ1) is 16.8. The van der Waals surface area contributed by atoms with Crippen LogP contribution in [0.25, 0.3) is 11.1 Å². The third-order valence-corrected chi connectivity index (χ3v) is 5.49. The lowest BCUT2D eigenvalue weighted by molar-refractivity contribution is -0.152. The molecular formula is C23H19NO4. The highest BCUT2D eigenvalue weighted by atomic mass is 16.5. The fraction of sp³-hybridized carbons (Fsp3) is 0.217. The zero-order chi connectivity index (χ0) is 19.1. The highest BCUT2D eigenvalue weighted by molar-refractivity contribution is 5.87. The number of carbonyl (C=O) groups is 2. The number of hydrogen-bond donors (Lipinski definition) is 0. The Morgan fingerprint density at radius 1 is 1.00 bits per heavy atom. The number of benzene rings is 2. The van der Waals surface area contributed by atoms with Gasteiger partial charge in [-0.1, -0.05) is 48.5 Å². The molecule has 0 unspecified atom stereocenters. The summed E-state index contributed by atoms with van der Waals surface area (Å²) in [6, 6.07) is 19.6. The van der Waals surface area contributed by atoms with Crippen LogP contribution in [0.1, 0.15) is 29.4 Å². The van der Waals surface area contributed by atoms with Crippen LogP contribution in [0, 0.1) is 5.92 Å². The predicted octanol–water partition coefficient (Wildman–Crippen LogP) is 3.94. The fourth-order valence-electron chi connectivity index (χ4n) is 4.12. The van der Waals surface area contributed by atoms with Crippen LogP contribution in [-0.4, -0.2) is 23.3 Å². The number of furan rings is 1. The van der Waals surface area contributed by atoms with Crippen molar-refractivity contribution in [1.29, 1.82) is 0 Å². The monoisotopic (exact) mass is 373 g/mol. The van der Waals surface area contributed by atoms with Crippen LogP contribution in [0.3, 0.4) is 0 Å². The van der Waals surface area contributed by atoms with Crippen molar-refractivity contribution in [3.8, 4) is 11.1 Å². The molecule has 1 saturated heterocycles. The summed E-state index contributed by atoms with van der Waals surface area (Å²) in [5.74, 6) is -0.124. The van der Waals surface area contributed by atoms with E-state index < -0.39 is 12.0 Å². The van der Waals surface area contributed by atoms with E-state index in [1.807, 2.05) is 54.6 Å². The van der Waals surface area contributed by atoms with Crippen LogP contribution in [0.2, 0.25) is 0 Å². The molecule has 1 aromatic heterocycles. The van der Waals surface area contributed by atoms with Crippen LogP contribution in [0.15, 0.2) is 71.3 Å². The van der Waals surface area contributed by atoms with Gasteiger partial charge in [0.1, 0.15) is 5.76 Å². The van der Waals surface area contributed by atoms with Gasteiger partial charge >= 0.3 is 5.97 Å².